The second-order valence-corrected chi connectivity index (χ2v) is 20.4. The lowest BCUT2D eigenvalue weighted by atomic mass is 9.33. The van der Waals surface area contributed by atoms with E-state index in [1.54, 1.807) is 14.0 Å². The first kappa shape index (κ1) is 40.5. The van der Waals surface area contributed by atoms with Gasteiger partial charge >= 0.3 is 5.97 Å². The van der Waals surface area contributed by atoms with Gasteiger partial charge in [-0.2, -0.15) is 0 Å². The second-order valence-electron chi connectivity index (χ2n) is 20.4. The Balaban J connectivity index is 1.09. The molecule has 4 aliphatic heterocycles. The number of hydrogen-bond donors (Lipinski definition) is 6. The van der Waals surface area contributed by atoms with Crippen molar-refractivity contribution in [3.8, 4) is 0 Å². The molecule has 9 rings (SSSR count). The van der Waals surface area contributed by atoms with Crippen LogP contribution < -0.4 is 0 Å². The first-order valence-corrected chi connectivity index (χ1v) is 20.8. The van der Waals surface area contributed by atoms with Crippen LogP contribution in [0.25, 0.3) is 0 Å². The molecule has 4 saturated carbocycles. The van der Waals surface area contributed by atoms with Crippen molar-refractivity contribution >= 4 is 5.97 Å². The fourth-order valence-electron chi connectivity index (χ4n) is 14.0. The Morgan fingerprint density at radius 2 is 1.45 bits per heavy atom. The van der Waals surface area contributed by atoms with Gasteiger partial charge in [0.1, 0.15) is 47.8 Å². The van der Waals surface area contributed by atoms with Gasteiger partial charge in [0.25, 0.3) is 0 Å². The van der Waals surface area contributed by atoms with Gasteiger partial charge in [0.2, 0.25) is 0 Å². The number of hydrogen-bond acceptors (Lipinski definition) is 13. The first-order valence-electron chi connectivity index (χ1n) is 20.8. The van der Waals surface area contributed by atoms with Crippen molar-refractivity contribution in [2.75, 3.05) is 13.7 Å². The Bertz CT molecular complexity index is 1580. The fourth-order valence-corrected chi connectivity index (χ4v) is 14.0. The average Bonchev–Trinajstić information content (AvgIpc) is 3.11. The van der Waals surface area contributed by atoms with Gasteiger partial charge in [-0.15, -0.1) is 0 Å². The Morgan fingerprint density at radius 1 is 0.764 bits per heavy atom. The van der Waals surface area contributed by atoms with Crippen molar-refractivity contribution in [1.82, 2.24) is 0 Å². The van der Waals surface area contributed by atoms with E-state index in [1.807, 2.05) is 13.8 Å². The van der Waals surface area contributed by atoms with Gasteiger partial charge in [-0.3, -0.25) is 4.79 Å². The van der Waals surface area contributed by atoms with E-state index in [0.29, 0.717) is 25.7 Å². The highest BCUT2D eigenvalue weighted by Crippen LogP contribution is 2.77. The summed E-state index contributed by atoms with van der Waals surface area (Å²) in [6, 6.07) is 0. The molecule has 19 atom stereocenters. The molecule has 13 nitrogen and oxygen atoms in total. The van der Waals surface area contributed by atoms with Gasteiger partial charge in [0, 0.05) is 7.11 Å². The van der Waals surface area contributed by atoms with Crippen LogP contribution in [0.1, 0.15) is 113 Å². The molecule has 55 heavy (non-hydrogen) atoms. The lowest BCUT2D eigenvalue weighted by molar-refractivity contribution is -0.364. The Kier molecular flexibility index (Phi) is 9.50. The van der Waals surface area contributed by atoms with Crippen molar-refractivity contribution in [2.24, 2.45) is 38.9 Å². The van der Waals surface area contributed by atoms with Gasteiger partial charge in [-0.25, -0.2) is 0 Å². The van der Waals surface area contributed by atoms with E-state index in [9.17, 15) is 35.4 Å². The maximum atomic E-state index is 13.8. The third-order valence-corrected chi connectivity index (χ3v) is 17.8. The van der Waals surface area contributed by atoms with Crippen molar-refractivity contribution in [3.63, 3.8) is 0 Å². The van der Waals surface area contributed by atoms with Crippen LogP contribution in [-0.2, 0) is 33.2 Å². The van der Waals surface area contributed by atoms with E-state index in [1.165, 1.54) is 0 Å². The second kappa shape index (κ2) is 12.9. The summed E-state index contributed by atoms with van der Waals surface area (Å²) in [5.41, 5.74) is -2.02. The SMILES string of the molecule is CO[C@H]1C[C@@H]2[C@@]3(C)CC[C@H](O[C@H]4OC[C@H](O)[C@H](O)[C@H]4O[C@@H]4O[C@@H](C)[C@H](O)[C@@H](O)[C@H]4O)C(C)(C)[C@@H]3CC[C@@]2(C)[C@]2(C)CC[C@]34CC[C@](C)(OC3=O)[C@@](C)(O)C4=C12. The molecule has 4 heterocycles. The summed E-state index contributed by atoms with van der Waals surface area (Å²) in [6.45, 7) is 16.9. The summed E-state index contributed by atoms with van der Waals surface area (Å²) in [6.07, 6.45) is -5.26. The van der Waals surface area contributed by atoms with Gasteiger partial charge in [0.15, 0.2) is 12.6 Å². The molecule has 13 heteroatoms. The van der Waals surface area contributed by atoms with E-state index in [-0.39, 0.29) is 58.3 Å². The predicted molar refractivity (Wildman–Crippen MR) is 196 cm³/mol. The maximum absolute atomic E-state index is 13.8. The van der Waals surface area contributed by atoms with Crippen molar-refractivity contribution in [3.05, 3.63) is 11.1 Å². The van der Waals surface area contributed by atoms with Gasteiger partial charge in [0.05, 0.1) is 30.3 Å². The zero-order chi connectivity index (χ0) is 40.1. The lowest BCUT2D eigenvalue weighted by Gasteiger charge is -2.73. The molecule has 0 aromatic carbocycles. The van der Waals surface area contributed by atoms with E-state index < -0.39 is 71.9 Å². The molecule has 4 saturated heterocycles. The molecule has 0 amide bonds. The van der Waals surface area contributed by atoms with Crippen molar-refractivity contribution in [2.45, 2.75) is 192 Å². The van der Waals surface area contributed by atoms with Gasteiger partial charge < -0.3 is 59.1 Å². The topological polar surface area (TPSA) is 194 Å². The van der Waals surface area contributed by atoms with E-state index in [4.69, 9.17) is 28.4 Å². The third kappa shape index (κ3) is 5.26. The van der Waals surface area contributed by atoms with Crippen LogP contribution in [0.2, 0.25) is 0 Å². The molecule has 1 spiro atoms. The molecular formula is C42H66O13. The number of carbonyl (C=O) groups excluding carboxylic acids is 1. The van der Waals surface area contributed by atoms with E-state index in [0.717, 1.165) is 43.3 Å². The Labute approximate surface area is 325 Å². The van der Waals surface area contributed by atoms with Crippen LogP contribution in [0.3, 0.4) is 0 Å². The highest BCUT2D eigenvalue weighted by atomic mass is 16.8. The van der Waals surface area contributed by atoms with Gasteiger partial charge in [-0.05, 0) is 123 Å². The van der Waals surface area contributed by atoms with Crippen LogP contribution in [0.5, 0.6) is 0 Å². The fraction of sp³-hybridized carbons (Fsp3) is 0.929. The largest absolute Gasteiger partial charge is 0.455 e. The van der Waals surface area contributed by atoms with Gasteiger partial charge in [-0.1, -0.05) is 34.6 Å². The van der Waals surface area contributed by atoms with E-state index >= 15 is 0 Å². The predicted octanol–water partition coefficient (Wildman–Crippen LogP) is 2.88. The number of methoxy groups -OCH3 is 1. The minimum Gasteiger partial charge on any atom is -0.455 e. The van der Waals surface area contributed by atoms with E-state index in [2.05, 4.69) is 34.6 Å². The average molecular weight is 779 g/mol. The lowest BCUT2D eigenvalue weighted by Crippen LogP contribution is -2.72. The molecule has 312 valence electrons. The minimum absolute atomic E-state index is 0.104. The molecule has 0 unspecified atom stereocenters. The summed E-state index contributed by atoms with van der Waals surface area (Å²) in [5, 5.41) is 65.5. The van der Waals surface area contributed by atoms with Crippen molar-refractivity contribution < 1.29 is 63.9 Å². The number of ether oxygens (including phenoxy) is 6. The summed E-state index contributed by atoms with van der Waals surface area (Å²) in [5.74, 6) is 0.317. The zero-order valence-electron chi connectivity index (χ0n) is 34.1. The molecule has 6 N–H and O–H groups in total. The first-order chi connectivity index (χ1) is 25.5. The smallest absolute Gasteiger partial charge is 0.317 e. The standard InChI is InChI=1S/C42H66O13/c1-20-27(44)29(46)30(47)33(52-20)54-31-28(45)21(43)19-51-34(31)53-25-11-12-37(4)23(36(25,2)3)10-13-38(5)24(37)18-22(50-9)26-32-41(8,49)40(7)15-17-42(32,35(48)55-40)16-14-39(26,38)6/h20-25,27-31,33-34,43-47,49H,10-19H2,1-9H3/t20-,21-,22-,23-,24+,25-,27-,28-,29+,30+,31+,33-,34+,37-,38+,39+,40-,41-,42+/m0/s1. The molecule has 0 aromatic rings. The molecule has 0 aromatic heterocycles. The Morgan fingerprint density at radius 3 is 2.13 bits per heavy atom. The van der Waals surface area contributed by atoms with Crippen LogP contribution in [0, 0.1) is 38.9 Å². The molecule has 8 fully saturated rings. The normalized spacial score (nSPS) is 57.2. The number of fused-ring (bicyclic) bond motifs is 7. The number of aliphatic hydroxyl groups is 6. The maximum Gasteiger partial charge on any atom is 0.317 e. The number of aliphatic hydroxyl groups excluding tert-OH is 5. The summed E-state index contributed by atoms with van der Waals surface area (Å²) >= 11 is 0. The third-order valence-electron chi connectivity index (χ3n) is 17.8. The highest BCUT2D eigenvalue weighted by Gasteiger charge is 2.75. The molecular weight excluding hydrogens is 712 g/mol. The van der Waals surface area contributed by atoms with Crippen LogP contribution in [0.4, 0.5) is 0 Å². The zero-order valence-corrected chi connectivity index (χ0v) is 34.1. The summed E-state index contributed by atoms with van der Waals surface area (Å²) < 4.78 is 37.1. The molecule has 9 aliphatic rings. The number of rotatable bonds is 5. The quantitative estimate of drug-likeness (QED) is 0.136. The minimum atomic E-state index is -1.60. The van der Waals surface area contributed by atoms with Crippen LogP contribution in [-0.4, -0.2) is 129 Å². The highest BCUT2D eigenvalue weighted by molar-refractivity contribution is 5.86. The van der Waals surface area contributed by atoms with Crippen LogP contribution in [0.15, 0.2) is 11.1 Å². The number of esters is 1. The van der Waals surface area contributed by atoms with Crippen LogP contribution >= 0.6 is 0 Å². The Hall–Kier alpha value is -1.23. The number of carbonyl (C=O) groups is 1. The summed E-state index contributed by atoms with van der Waals surface area (Å²) in [4.78, 5) is 13.8. The van der Waals surface area contributed by atoms with Crippen molar-refractivity contribution in [1.29, 1.82) is 0 Å². The molecule has 0 radical (unpaired) electrons. The molecule has 2 bridgehead atoms. The molecule has 5 aliphatic carbocycles. The monoisotopic (exact) mass is 778 g/mol. The summed E-state index contributed by atoms with van der Waals surface area (Å²) in [7, 11) is 1.77.